The van der Waals surface area contributed by atoms with Crippen LogP contribution in [-0.4, -0.2) is 42.5 Å². The molecule has 1 aromatic carbocycles. The average Bonchev–Trinajstić information content (AvgIpc) is 2.79. The molecule has 5 heteroatoms. The fourth-order valence-electron chi connectivity index (χ4n) is 2.63. The molecule has 0 bridgehead atoms. The zero-order chi connectivity index (χ0) is 15.2. The van der Waals surface area contributed by atoms with Gasteiger partial charge in [-0.2, -0.15) is 11.8 Å². The van der Waals surface area contributed by atoms with Gasteiger partial charge in [0.15, 0.2) is 0 Å². The number of methoxy groups -OCH3 is 1. The summed E-state index contributed by atoms with van der Waals surface area (Å²) in [7, 11) is 1.66. The van der Waals surface area contributed by atoms with Crippen molar-refractivity contribution in [3.8, 4) is 5.75 Å². The molecule has 0 saturated carbocycles. The van der Waals surface area contributed by atoms with Gasteiger partial charge in [0.25, 0.3) is 0 Å². The molecular weight excluding hydrogens is 284 g/mol. The minimum absolute atomic E-state index is 0.0446. The lowest BCUT2D eigenvalue weighted by Gasteiger charge is -2.25. The lowest BCUT2D eigenvalue weighted by molar-refractivity contribution is -0.129. The van der Waals surface area contributed by atoms with Crippen LogP contribution in [0.25, 0.3) is 0 Å². The van der Waals surface area contributed by atoms with Gasteiger partial charge in [-0.3, -0.25) is 10.1 Å². The van der Waals surface area contributed by atoms with Crippen LogP contribution in [0.15, 0.2) is 24.3 Å². The van der Waals surface area contributed by atoms with Crippen molar-refractivity contribution in [1.29, 1.82) is 0 Å². The zero-order valence-corrected chi connectivity index (χ0v) is 13.8. The molecule has 2 atom stereocenters. The number of rotatable bonds is 7. The third kappa shape index (κ3) is 3.92. The molecule has 116 valence electrons. The maximum absolute atomic E-state index is 12.3. The minimum atomic E-state index is -0.123. The van der Waals surface area contributed by atoms with Crippen molar-refractivity contribution in [1.82, 2.24) is 10.2 Å². The first-order valence-electron chi connectivity index (χ1n) is 7.36. The van der Waals surface area contributed by atoms with E-state index in [2.05, 4.69) is 11.6 Å². The van der Waals surface area contributed by atoms with E-state index in [1.807, 2.05) is 47.9 Å². The third-order valence-corrected chi connectivity index (χ3v) is 4.48. The number of carbonyl (C=O) groups excluding carboxylic acids is 1. The van der Waals surface area contributed by atoms with Gasteiger partial charge < -0.3 is 9.64 Å². The molecule has 0 spiro atoms. The largest absolute Gasteiger partial charge is 0.497 e. The highest BCUT2D eigenvalue weighted by atomic mass is 32.2. The molecule has 1 N–H and O–H groups in total. The van der Waals surface area contributed by atoms with Crippen LogP contribution >= 0.6 is 11.8 Å². The second-order valence-corrected chi connectivity index (χ2v) is 6.28. The smallest absolute Gasteiger partial charge is 0.241 e. The maximum Gasteiger partial charge on any atom is 0.241 e. The van der Waals surface area contributed by atoms with Crippen LogP contribution in [-0.2, 0) is 4.79 Å². The highest BCUT2D eigenvalue weighted by molar-refractivity contribution is 7.98. The summed E-state index contributed by atoms with van der Waals surface area (Å²) in [6, 6.07) is 7.81. The number of nitrogens with zero attached hydrogens (tertiary/aromatic N) is 1. The molecule has 1 aliphatic heterocycles. The van der Waals surface area contributed by atoms with Gasteiger partial charge in [0.05, 0.1) is 13.2 Å². The normalized spacial score (nSPS) is 21.9. The molecule has 21 heavy (non-hydrogen) atoms. The van der Waals surface area contributed by atoms with Gasteiger partial charge in [-0.25, -0.2) is 0 Å². The van der Waals surface area contributed by atoms with Gasteiger partial charge in [0.1, 0.15) is 11.9 Å². The number of unbranched alkanes of at least 4 members (excludes halogenated alkanes) is 1. The molecule has 4 nitrogen and oxygen atoms in total. The van der Waals surface area contributed by atoms with E-state index in [-0.39, 0.29) is 18.1 Å². The van der Waals surface area contributed by atoms with Gasteiger partial charge in [0, 0.05) is 6.54 Å². The molecule has 1 heterocycles. The van der Waals surface area contributed by atoms with Gasteiger partial charge in [0.2, 0.25) is 5.91 Å². The Hall–Kier alpha value is -1.20. The molecule has 0 aromatic heterocycles. The number of benzene rings is 1. The van der Waals surface area contributed by atoms with Crippen LogP contribution < -0.4 is 10.1 Å². The van der Waals surface area contributed by atoms with Crippen LogP contribution in [0.1, 0.15) is 31.5 Å². The van der Waals surface area contributed by atoms with Crippen LogP contribution in [0.5, 0.6) is 5.75 Å². The summed E-state index contributed by atoms with van der Waals surface area (Å²) < 4.78 is 5.28. The zero-order valence-electron chi connectivity index (χ0n) is 13.0. The van der Waals surface area contributed by atoms with E-state index in [1.54, 1.807) is 7.11 Å². The Labute approximate surface area is 131 Å². The Kier molecular flexibility index (Phi) is 5.94. The lowest BCUT2D eigenvalue weighted by Crippen LogP contribution is -2.31. The number of nitrogens with one attached hydrogen (secondary N) is 1. The van der Waals surface area contributed by atoms with Crippen molar-refractivity contribution >= 4 is 17.7 Å². The standard InChI is InChI=1S/C16H24N2O2S/c1-12-16(19)18(9-4-5-10-21-3)15(17-12)13-7-6-8-14(11-13)20-2/h6-8,11-12,15,17H,4-5,9-10H2,1-3H3. The van der Waals surface area contributed by atoms with E-state index in [0.717, 1.165) is 36.5 Å². The molecule has 1 fully saturated rings. The fraction of sp³-hybridized carbons (Fsp3) is 0.562. The summed E-state index contributed by atoms with van der Waals surface area (Å²) >= 11 is 1.85. The first-order valence-corrected chi connectivity index (χ1v) is 8.76. The van der Waals surface area contributed by atoms with E-state index in [9.17, 15) is 4.79 Å². The van der Waals surface area contributed by atoms with Gasteiger partial charge in [-0.15, -0.1) is 0 Å². The molecule has 1 amide bonds. The third-order valence-electron chi connectivity index (χ3n) is 3.78. The van der Waals surface area contributed by atoms with Crippen LogP contribution in [0.3, 0.4) is 0 Å². The molecule has 0 radical (unpaired) electrons. The highest BCUT2D eigenvalue weighted by Crippen LogP contribution is 2.28. The van der Waals surface area contributed by atoms with E-state index in [4.69, 9.17) is 4.74 Å². The number of ether oxygens (including phenoxy) is 1. The molecule has 2 rings (SSSR count). The van der Waals surface area contributed by atoms with Crippen molar-refractivity contribution in [2.45, 2.75) is 32.0 Å². The number of hydrogen-bond donors (Lipinski definition) is 1. The number of carbonyl (C=O) groups is 1. The molecule has 1 aliphatic rings. The minimum Gasteiger partial charge on any atom is -0.497 e. The molecule has 0 aliphatic carbocycles. The number of hydrogen-bond acceptors (Lipinski definition) is 4. The van der Waals surface area contributed by atoms with E-state index < -0.39 is 0 Å². The molecular formula is C16H24N2O2S. The Morgan fingerprint density at radius 3 is 2.90 bits per heavy atom. The highest BCUT2D eigenvalue weighted by Gasteiger charge is 2.36. The quantitative estimate of drug-likeness (QED) is 0.786. The van der Waals surface area contributed by atoms with Crippen LogP contribution in [0, 0.1) is 0 Å². The Bertz CT molecular complexity index is 481. The van der Waals surface area contributed by atoms with Crippen molar-refractivity contribution in [3.05, 3.63) is 29.8 Å². The fourth-order valence-corrected chi connectivity index (χ4v) is 3.12. The van der Waals surface area contributed by atoms with Gasteiger partial charge in [-0.05, 0) is 49.5 Å². The van der Waals surface area contributed by atoms with E-state index in [0.29, 0.717) is 0 Å². The first-order chi connectivity index (χ1) is 10.2. The monoisotopic (exact) mass is 308 g/mol. The Morgan fingerprint density at radius 1 is 1.38 bits per heavy atom. The second-order valence-electron chi connectivity index (χ2n) is 5.30. The van der Waals surface area contributed by atoms with Crippen LogP contribution in [0.4, 0.5) is 0 Å². The van der Waals surface area contributed by atoms with Crippen molar-refractivity contribution in [2.24, 2.45) is 0 Å². The average molecular weight is 308 g/mol. The summed E-state index contributed by atoms with van der Waals surface area (Å²) in [6.45, 7) is 2.73. The van der Waals surface area contributed by atoms with Crippen molar-refractivity contribution < 1.29 is 9.53 Å². The summed E-state index contributed by atoms with van der Waals surface area (Å²) in [6.07, 6.45) is 4.26. The van der Waals surface area contributed by atoms with Crippen molar-refractivity contribution in [2.75, 3.05) is 25.7 Å². The molecule has 1 saturated heterocycles. The summed E-state index contributed by atoms with van der Waals surface area (Å²) in [5.41, 5.74) is 1.08. The Morgan fingerprint density at radius 2 is 2.19 bits per heavy atom. The SMILES string of the molecule is COc1cccc(C2NC(C)C(=O)N2CCCCSC)c1. The number of thioether (sulfide) groups is 1. The Balaban J connectivity index is 2.09. The summed E-state index contributed by atoms with van der Waals surface area (Å²) in [4.78, 5) is 14.3. The summed E-state index contributed by atoms with van der Waals surface area (Å²) in [5.74, 6) is 2.16. The maximum atomic E-state index is 12.3. The number of amides is 1. The first kappa shape index (κ1) is 16.2. The topological polar surface area (TPSA) is 41.6 Å². The van der Waals surface area contributed by atoms with Gasteiger partial charge >= 0.3 is 0 Å². The van der Waals surface area contributed by atoms with E-state index >= 15 is 0 Å². The predicted molar refractivity (Wildman–Crippen MR) is 87.7 cm³/mol. The second kappa shape index (κ2) is 7.71. The van der Waals surface area contributed by atoms with E-state index in [1.165, 1.54) is 0 Å². The van der Waals surface area contributed by atoms with Crippen molar-refractivity contribution in [3.63, 3.8) is 0 Å². The molecule has 1 aromatic rings. The lowest BCUT2D eigenvalue weighted by atomic mass is 10.1. The van der Waals surface area contributed by atoms with Crippen LogP contribution in [0.2, 0.25) is 0 Å². The summed E-state index contributed by atoms with van der Waals surface area (Å²) in [5, 5.41) is 3.38. The predicted octanol–water partition coefficient (Wildman–Crippen LogP) is 2.66. The van der Waals surface area contributed by atoms with Gasteiger partial charge in [-0.1, -0.05) is 12.1 Å². The molecule has 2 unspecified atom stereocenters.